The number of guanidine groups is 1. The quantitative estimate of drug-likeness (QED) is 0.864. The summed E-state index contributed by atoms with van der Waals surface area (Å²) in [5, 5.41) is 0.710. The molecule has 21 heavy (non-hydrogen) atoms. The van der Waals surface area contributed by atoms with Gasteiger partial charge < -0.3 is 10.6 Å². The maximum atomic E-state index is 6.08. The zero-order chi connectivity index (χ0) is 15.0. The van der Waals surface area contributed by atoms with Crippen LogP contribution < -0.4 is 10.6 Å². The fraction of sp³-hybridized carbons (Fsp3) is 0.188. The Morgan fingerprint density at radius 1 is 1.24 bits per heavy atom. The highest BCUT2D eigenvalue weighted by Crippen LogP contribution is 2.35. The standard InChI is InChI=1S/C16H15BrClN3/c1-10-2-7-13(14(17)8-10)15-9-20-16(19)21(15)12-5-3-11(18)4-6-12/h2-8,15H,9H2,1H3,(H2,19,20). The largest absolute Gasteiger partial charge is 0.369 e. The minimum absolute atomic E-state index is 0.0983. The lowest BCUT2D eigenvalue weighted by molar-refractivity contribution is 0.764. The van der Waals surface area contributed by atoms with Crippen LogP contribution in [-0.4, -0.2) is 12.5 Å². The molecule has 1 atom stereocenters. The highest BCUT2D eigenvalue weighted by molar-refractivity contribution is 9.10. The van der Waals surface area contributed by atoms with Gasteiger partial charge in [-0.05, 0) is 48.4 Å². The van der Waals surface area contributed by atoms with E-state index in [4.69, 9.17) is 17.3 Å². The first-order valence-corrected chi connectivity index (χ1v) is 7.84. The number of halogens is 2. The summed E-state index contributed by atoms with van der Waals surface area (Å²) >= 11 is 9.61. The van der Waals surface area contributed by atoms with Crippen molar-refractivity contribution in [1.82, 2.24) is 0 Å². The third-order valence-electron chi connectivity index (χ3n) is 3.60. The molecule has 0 radical (unpaired) electrons. The molecule has 2 N–H and O–H groups in total. The fourth-order valence-corrected chi connectivity index (χ4v) is 3.43. The van der Waals surface area contributed by atoms with E-state index in [1.165, 1.54) is 11.1 Å². The van der Waals surface area contributed by atoms with Gasteiger partial charge in [-0.15, -0.1) is 0 Å². The summed E-state index contributed by atoms with van der Waals surface area (Å²) in [6.45, 7) is 2.72. The zero-order valence-electron chi connectivity index (χ0n) is 11.6. The fourth-order valence-electron chi connectivity index (χ4n) is 2.55. The van der Waals surface area contributed by atoms with Crippen LogP contribution in [0, 0.1) is 6.92 Å². The molecule has 0 aliphatic carbocycles. The van der Waals surface area contributed by atoms with E-state index in [0.29, 0.717) is 17.5 Å². The van der Waals surface area contributed by atoms with E-state index in [0.717, 1.165) is 10.2 Å². The predicted octanol–water partition coefficient (Wildman–Crippen LogP) is 4.29. The Kier molecular flexibility index (Phi) is 3.91. The molecule has 1 aliphatic heterocycles. The van der Waals surface area contributed by atoms with Crippen LogP contribution in [0.2, 0.25) is 5.02 Å². The van der Waals surface area contributed by atoms with E-state index >= 15 is 0 Å². The number of nitrogens with zero attached hydrogens (tertiary/aromatic N) is 2. The maximum absolute atomic E-state index is 6.08. The molecule has 0 saturated heterocycles. The van der Waals surface area contributed by atoms with Gasteiger partial charge in [0.1, 0.15) is 0 Å². The number of aryl methyl sites for hydroxylation is 1. The third kappa shape index (κ3) is 2.78. The van der Waals surface area contributed by atoms with Crippen molar-refractivity contribution >= 4 is 39.2 Å². The molecule has 0 amide bonds. The number of nitrogens with two attached hydrogens (primary N) is 1. The lowest BCUT2D eigenvalue weighted by atomic mass is 10.0. The molecule has 3 rings (SSSR count). The minimum Gasteiger partial charge on any atom is -0.369 e. The van der Waals surface area contributed by atoms with Crippen LogP contribution in [0.3, 0.4) is 0 Å². The van der Waals surface area contributed by atoms with Crippen LogP contribution >= 0.6 is 27.5 Å². The summed E-state index contributed by atoms with van der Waals surface area (Å²) < 4.78 is 1.08. The predicted molar refractivity (Wildman–Crippen MR) is 92.0 cm³/mol. The SMILES string of the molecule is Cc1ccc(C2CN=C(N)N2c2ccc(Cl)cc2)c(Br)c1. The molecule has 0 aromatic heterocycles. The minimum atomic E-state index is 0.0983. The van der Waals surface area contributed by atoms with E-state index in [1.807, 2.05) is 29.2 Å². The summed E-state index contributed by atoms with van der Waals surface area (Å²) in [6.07, 6.45) is 0. The van der Waals surface area contributed by atoms with Crippen LogP contribution in [0.25, 0.3) is 0 Å². The van der Waals surface area contributed by atoms with Crippen LogP contribution in [0.4, 0.5) is 5.69 Å². The van der Waals surface area contributed by atoms with Crippen LogP contribution in [0.1, 0.15) is 17.2 Å². The Hall–Kier alpha value is -1.52. The molecule has 2 aromatic rings. The summed E-state index contributed by atoms with van der Waals surface area (Å²) in [4.78, 5) is 6.45. The summed E-state index contributed by atoms with van der Waals surface area (Å²) in [5.74, 6) is 0.537. The van der Waals surface area contributed by atoms with Crippen molar-refractivity contribution in [3.05, 3.63) is 63.1 Å². The molecule has 108 valence electrons. The van der Waals surface area contributed by atoms with Crippen molar-refractivity contribution in [3.63, 3.8) is 0 Å². The molecule has 0 spiro atoms. The van der Waals surface area contributed by atoms with E-state index in [-0.39, 0.29) is 6.04 Å². The Balaban J connectivity index is 2.00. The molecular formula is C16H15BrClN3. The van der Waals surface area contributed by atoms with Gasteiger partial charge >= 0.3 is 0 Å². The molecule has 1 heterocycles. The third-order valence-corrected chi connectivity index (χ3v) is 4.54. The maximum Gasteiger partial charge on any atom is 0.196 e. The molecule has 0 fully saturated rings. The normalized spacial score (nSPS) is 18.0. The summed E-state index contributed by atoms with van der Waals surface area (Å²) in [7, 11) is 0. The molecule has 2 aromatic carbocycles. The number of rotatable bonds is 2. The van der Waals surface area contributed by atoms with E-state index < -0.39 is 0 Å². The Morgan fingerprint density at radius 3 is 2.62 bits per heavy atom. The van der Waals surface area contributed by atoms with Crippen molar-refractivity contribution in [2.45, 2.75) is 13.0 Å². The monoisotopic (exact) mass is 363 g/mol. The van der Waals surface area contributed by atoms with Gasteiger partial charge in [0.2, 0.25) is 0 Å². The first-order chi connectivity index (χ1) is 10.1. The van der Waals surface area contributed by atoms with E-state index in [2.05, 4.69) is 46.0 Å². The summed E-state index contributed by atoms with van der Waals surface area (Å²) in [5.41, 5.74) is 9.48. The Labute approximate surface area is 137 Å². The van der Waals surface area contributed by atoms with Gasteiger partial charge in [0.15, 0.2) is 5.96 Å². The van der Waals surface area contributed by atoms with Gasteiger partial charge in [-0.1, -0.05) is 39.7 Å². The number of hydrogen-bond acceptors (Lipinski definition) is 3. The second-order valence-corrected chi connectivity index (χ2v) is 6.38. The van der Waals surface area contributed by atoms with Gasteiger partial charge in [-0.25, -0.2) is 0 Å². The smallest absolute Gasteiger partial charge is 0.196 e. The lowest BCUT2D eigenvalue weighted by Gasteiger charge is -2.27. The van der Waals surface area contributed by atoms with Crippen LogP contribution in [0.15, 0.2) is 51.9 Å². The molecule has 1 aliphatic rings. The molecule has 0 bridgehead atoms. The number of benzene rings is 2. The first-order valence-electron chi connectivity index (χ1n) is 6.67. The number of anilines is 1. The van der Waals surface area contributed by atoms with Crippen LogP contribution in [-0.2, 0) is 0 Å². The van der Waals surface area contributed by atoms with Gasteiger partial charge in [-0.3, -0.25) is 4.99 Å². The highest BCUT2D eigenvalue weighted by atomic mass is 79.9. The number of hydrogen-bond donors (Lipinski definition) is 1. The molecule has 3 nitrogen and oxygen atoms in total. The van der Waals surface area contributed by atoms with Crippen LogP contribution in [0.5, 0.6) is 0 Å². The van der Waals surface area contributed by atoms with Gasteiger partial charge in [0.05, 0.1) is 12.6 Å². The van der Waals surface area contributed by atoms with Gasteiger partial charge in [-0.2, -0.15) is 0 Å². The topological polar surface area (TPSA) is 41.6 Å². The Morgan fingerprint density at radius 2 is 1.95 bits per heavy atom. The van der Waals surface area contributed by atoms with Gasteiger partial charge in [0.25, 0.3) is 0 Å². The van der Waals surface area contributed by atoms with E-state index in [9.17, 15) is 0 Å². The lowest BCUT2D eigenvalue weighted by Crippen LogP contribution is -2.36. The van der Waals surface area contributed by atoms with E-state index in [1.54, 1.807) is 0 Å². The Bertz CT molecular complexity index is 697. The van der Waals surface area contributed by atoms with Crippen molar-refractivity contribution in [2.24, 2.45) is 10.7 Å². The second kappa shape index (κ2) is 5.70. The zero-order valence-corrected chi connectivity index (χ0v) is 13.9. The van der Waals surface area contributed by atoms with Crippen molar-refractivity contribution < 1.29 is 0 Å². The molecular weight excluding hydrogens is 350 g/mol. The average molecular weight is 365 g/mol. The second-order valence-electron chi connectivity index (χ2n) is 5.09. The summed E-state index contributed by atoms with van der Waals surface area (Å²) in [6, 6.07) is 14.1. The molecule has 1 unspecified atom stereocenters. The van der Waals surface area contributed by atoms with Crippen molar-refractivity contribution in [1.29, 1.82) is 0 Å². The molecule has 5 heteroatoms. The first kappa shape index (κ1) is 14.4. The van der Waals surface area contributed by atoms with Crippen molar-refractivity contribution in [2.75, 3.05) is 11.4 Å². The number of aliphatic imine (C=N–C) groups is 1. The van der Waals surface area contributed by atoms with Gasteiger partial charge in [0, 0.05) is 15.2 Å². The highest BCUT2D eigenvalue weighted by Gasteiger charge is 2.30. The average Bonchev–Trinajstić information content (AvgIpc) is 2.82. The van der Waals surface area contributed by atoms with Crippen molar-refractivity contribution in [3.8, 4) is 0 Å². The molecule has 0 saturated carbocycles.